The standard InChI is InChI=1S/C18H17BrO2/c1-2-9-5-6-12(19)8-13(9)16-17(20)14-10-3-4-11(7-10)15(14)18(16)21/h3-6,8,10-11,14-15,20H,2,7H2,1H3. The predicted molar refractivity (Wildman–Crippen MR) is 85.8 cm³/mol. The van der Waals surface area contributed by atoms with E-state index in [0.29, 0.717) is 23.2 Å². The Hall–Kier alpha value is -1.35. The molecule has 108 valence electrons. The van der Waals surface area contributed by atoms with Crippen molar-refractivity contribution in [3.05, 3.63) is 51.7 Å². The van der Waals surface area contributed by atoms with E-state index in [1.54, 1.807) is 0 Å². The summed E-state index contributed by atoms with van der Waals surface area (Å²) in [6.45, 7) is 2.08. The van der Waals surface area contributed by atoms with Crippen molar-refractivity contribution in [2.45, 2.75) is 19.8 Å². The number of hydrogen-bond acceptors (Lipinski definition) is 2. The van der Waals surface area contributed by atoms with Gasteiger partial charge in [-0.3, -0.25) is 4.79 Å². The van der Waals surface area contributed by atoms with Crippen molar-refractivity contribution in [2.75, 3.05) is 0 Å². The average molecular weight is 345 g/mol. The quantitative estimate of drug-likeness (QED) is 0.812. The number of hydrogen-bond donors (Lipinski definition) is 1. The fraction of sp³-hybridized carbons (Fsp3) is 0.389. The normalized spacial score (nSPS) is 33.1. The van der Waals surface area contributed by atoms with Crippen molar-refractivity contribution in [2.24, 2.45) is 23.7 Å². The van der Waals surface area contributed by atoms with Gasteiger partial charge in [0.05, 0.1) is 5.57 Å². The number of carbonyl (C=O) groups excluding carboxylic acids is 1. The molecule has 2 nitrogen and oxygen atoms in total. The van der Waals surface area contributed by atoms with E-state index in [1.165, 1.54) is 0 Å². The fourth-order valence-corrected chi connectivity index (χ4v) is 4.73. The summed E-state index contributed by atoms with van der Waals surface area (Å²) in [7, 11) is 0. The topological polar surface area (TPSA) is 37.3 Å². The van der Waals surface area contributed by atoms with Crippen molar-refractivity contribution in [3.8, 4) is 0 Å². The number of carbonyl (C=O) groups is 1. The predicted octanol–water partition coefficient (Wildman–Crippen LogP) is 4.30. The lowest BCUT2D eigenvalue weighted by molar-refractivity contribution is -0.118. The summed E-state index contributed by atoms with van der Waals surface area (Å²) in [6.07, 6.45) is 6.23. The summed E-state index contributed by atoms with van der Waals surface area (Å²) >= 11 is 3.48. The maximum Gasteiger partial charge on any atom is 0.171 e. The zero-order valence-corrected chi connectivity index (χ0v) is 13.4. The maximum absolute atomic E-state index is 12.9. The summed E-state index contributed by atoms with van der Waals surface area (Å²) in [4.78, 5) is 12.9. The highest BCUT2D eigenvalue weighted by molar-refractivity contribution is 9.10. The molecule has 0 aliphatic heterocycles. The van der Waals surface area contributed by atoms with Crippen LogP contribution in [-0.2, 0) is 11.2 Å². The van der Waals surface area contributed by atoms with E-state index < -0.39 is 0 Å². The number of halogens is 1. The average Bonchev–Trinajstić information content (AvgIpc) is 3.13. The van der Waals surface area contributed by atoms with Gasteiger partial charge in [0, 0.05) is 16.3 Å². The molecule has 0 amide bonds. The summed E-state index contributed by atoms with van der Waals surface area (Å²) in [5, 5.41) is 10.7. The molecule has 4 rings (SSSR count). The second kappa shape index (κ2) is 4.57. The van der Waals surface area contributed by atoms with Crippen molar-refractivity contribution in [3.63, 3.8) is 0 Å². The second-order valence-corrected chi connectivity index (χ2v) is 7.20. The number of aliphatic hydroxyl groups is 1. The first-order valence-electron chi connectivity index (χ1n) is 7.56. The van der Waals surface area contributed by atoms with Crippen molar-refractivity contribution in [1.82, 2.24) is 0 Å². The molecule has 4 atom stereocenters. The molecule has 21 heavy (non-hydrogen) atoms. The molecule has 4 unspecified atom stereocenters. The molecular weight excluding hydrogens is 328 g/mol. The van der Waals surface area contributed by atoms with Crippen LogP contribution >= 0.6 is 15.9 Å². The fourth-order valence-electron chi connectivity index (χ4n) is 4.37. The first-order chi connectivity index (χ1) is 10.1. The van der Waals surface area contributed by atoms with E-state index in [-0.39, 0.29) is 17.6 Å². The van der Waals surface area contributed by atoms with Gasteiger partial charge in [0.1, 0.15) is 5.76 Å². The van der Waals surface area contributed by atoms with Crippen LogP contribution in [0.4, 0.5) is 0 Å². The third-order valence-electron chi connectivity index (χ3n) is 5.30. The van der Waals surface area contributed by atoms with Gasteiger partial charge in [0.2, 0.25) is 0 Å². The van der Waals surface area contributed by atoms with Gasteiger partial charge in [-0.1, -0.05) is 41.1 Å². The van der Waals surface area contributed by atoms with Gasteiger partial charge < -0.3 is 5.11 Å². The van der Waals surface area contributed by atoms with E-state index in [2.05, 4.69) is 35.0 Å². The van der Waals surface area contributed by atoms with E-state index in [4.69, 9.17) is 0 Å². The number of rotatable bonds is 2. The van der Waals surface area contributed by atoms with Gasteiger partial charge >= 0.3 is 0 Å². The first-order valence-corrected chi connectivity index (χ1v) is 8.35. The number of aliphatic hydroxyl groups excluding tert-OH is 1. The molecule has 2 bridgehead atoms. The van der Waals surface area contributed by atoms with Gasteiger partial charge in [-0.05, 0) is 47.9 Å². The molecule has 0 radical (unpaired) electrons. The van der Waals surface area contributed by atoms with Gasteiger partial charge in [-0.2, -0.15) is 0 Å². The molecule has 3 heteroatoms. The highest BCUT2D eigenvalue weighted by Gasteiger charge is 2.55. The maximum atomic E-state index is 12.9. The SMILES string of the molecule is CCc1ccc(Br)cc1C1=C(O)C2C3C=CC(C3)C2C1=O. The Kier molecular flexibility index (Phi) is 2.90. The first kappa shape index (κ1) is 13.3. The molecule has 1 aromatic carbocycles. The summed E-state index contributed by atoms with van der Waals surface area (Å²) in [5.74, 6) is 1.13. The molecular formula is C18H17BrO2. The Balaban J connectivity index is 1.86. The van der Waals surface area contributed by atoms with Gasteiger partial charge in [-0.25, -0.2) is 0 Å². The van der Waals surface area contributed by atoms with Crippen LogP contribution in [0.2, 0.25) is 0 Å². The van der Waals surface area contributed by atoms with Crippen LogP contribution in [0.25, 0.3) is 5.57 Å². The lowest BCUT2D eigenvalue weighted by atomic mass is 9.84. The molecule has 0 aromatic heterocycles. The zero-order chi connectivity index (χ0) is 14.7. The smallest absolute Gasteiger partial charge is 0.171 e. The number of ketones is 1. The minimum Gasteiger partial charge on any atom is -0.511 e. The molecule has 1 saturated carbocycles. The number of benzene rings is 1. The summed E-state index contributed by atoms with van der Waals surface area (Å²) < 4.78 is 0.945. The van der Waals surface area contributed by atoms with Crippen LogP contribution in [0.3, 0.4) is 0 Å². The lowest BCUT2D eigenvalue weighted by Gasteiger charge is -2.19. The number of Topliss-reactive ketones (excluding diaryl/α,β-unsaturated/α-hetero) is 1. The number of aryl methyl sites for hydroxylation is 1. The number of fused-ring (bicyclic) bond motifs is 5. The van der Waals surface area contributed by atoms with E-state index in [1.807, 2.05) is 18.2 Å². The van der Waals surface area contributed by atoms with Crippen molar-refractivity contribution in [1.29, 1.82) is 0 Å². The Labute approximate surface area is 132 Å². The minimum absolute atomic E-state index is 0.0196. The third kappa shape index (κ3) is 1.73. The second-order valence-electron chi connectivity index (χ2n) is 6.28. The molecule has 0 saturated heterocycles. The van der Waals surface area contributed by atoms with Gasteiger partial charge in [0.25, 0.3) is 0 Å². The molecule has 3 aliphatic carbocycles. The highest BCUT2D eigenvalue weighted by atomic mass is 79.9. The Morgan fingerprint density at radius 1 is 1.24 bits per heavy atom. The Morgan fingerprint density at radius 2 is 1.95 bits per heavy atom. The highest BCUT2D eigenvalue weighted by Crippen LogP contribution is 2.57. The van der Waals surface area contributed by atoms with Crippen LogP contribution in [0.5, 0.6) is 0 Å². The third-order valence-corrected chi connectivity index (χ3v) is 5.80. The molecule has 0 heterocycles. The van der Waals surface area contributed by atoms with Gasteiger partial charge in [-0.15, -0.1) is 0 Å². The van der Waals surface area contributed by atoms with Crippen LogP contribution in [0.15, 0.2) is 40.6 Å². The lowest BCUT2D eigenvalue weighted by Crippen LogP contribution is -2.22. The minimum atomic E-state index is -0.0290. The van der Waals surface area contributed by atoms with Crippen LogP contribution < -0.4 is 0 Å². The van der Waals surface area contributed by atoms with Crippen molar-refractivity contribution < 1.29 is 9.90 Å². The largest absolute Gasteiger partial charge is 0.511 e. The van der Waals surface area contributed by atoms with Crippen LogP contribution in [-0.4, -0.2) is 10.9 Å². The summed E-state index contributed by atoms with van der Waals surface area (Å²) in [6, 6.07) is 6.00. The molecule has 1 N–H and O–H groups in total. The van der Waals surface area contributed by atoms with Gasteiger partial charge in [0.15, 0.2) is 5.78 Å². The molecule has 1 aromatic rings. The van der Waals surface area contributed by atoms with E-state index in [0.717, 1.165) is 28.4 Å². The van der Waals surface area contributed by atoms with Crippen LogP contribution in [0, 0.1) is 23.7 Å². The van der Waals surface area contributed by atoms with E-state index in [9.17, 15) is 9.90 Å². The van der Waals surface area contributed by atoms with Crippen molar-refractivity contribution >= 4 is 27.3 Å². The van der Waals surface area contributed by atoms with Crippen LogP contribution in [0.1, 0.15) is 24.5 Å². The summed E-state index contributed by atoms with van der Waals surface area (Å²) in [5.41, 5.74) is 2.60. The Morgan fingerprint density at radius 3 is 2.62 bits per heavy atom. The molecule has 1 fully saturated rings. The molecule has 3 aliphatic rings. The number of allylic oxidation sites excluding steroid dienone is 4. The zero-order valence-electron chi connectivity index (χ0n) is 11.8. The molecule has 0 spiro atoms. The monoisotopic (exact) mass is 344 g/mol. The van der Waals surface area contributed by atoms with E-state index >= 15 is 0 Å². The Bertz CT molecular complexity index is 701.